The van der Waals surface area contributed by atoms with Crippen LogP contribution in [0.5, 0.6) is 5.75 Å². The Morgan fingerprint density at radius 2 is 2.00 bits per heavy atom. The number of phenolic OH excluding ortho intramolecular Hbond substituents is 1. The normalized spacial score (nSPS) is 10.7. The molecule has 0 aliphatic carbocycles. The van der Waals surface area contributed by atoms with E-state index in [2.05, 4.69) is 0 Å². The number of hydrogen-bond acceptors (Lipinski definition) is 2. The fourth-order valence-corrected chi connectivity index (χ4v) is 1.33. The second-order valence-corrected chi connectivity index (χ2v) is 3.19. The van der Waals surface area contributed by atoms with E-state index in [-0.39, 0.29) is 5.75 Å². The molecule has 0 amide bonds. The van der Waals surface area contributed by atoms with Crippen molar-refractivity contribution in [1.82, 2.24) is 0 Å². The van der Waals surface area contributed by atoms with E-state index in [0.29, 0.717) is 5.56 Å². The van der Waals surface area contributed by atoms with Gasteiger partial charge in [-0.3, -0.25) is 0 Å². The Hall–Kier alpha value is -1.77. The largest absolute Gasteiger partial charge is 0.507 e. The molecule has 1 aromatic rings. The van der Waals surface area contributed by atoms with Gasteiger partial charge >= 0.3 is 5.97 Å². The zero-order valence-electron chi connectivity index (χ0n) is 8.11. The third kappa shape index (κ3) is 2.36. The van der Waals surface area contributed by atoms with Gasteiger partial charge in [0, 0.05) is 11.6 Å². The number of carbonyl (C=O) groups is 1. The number of aryl methyl sites for hydroxylation is 2. The number of carboxylic acids is 1. The van der Waals surface area contributed by atoms with Gasteiger partial charge in [0.25, 0.3) is 0 Å². The lowest BCUT2D eigenvalue weighted by molar-refractivity contribution is -0.131. The number of benzene rings is 1. The zero-order chi connectivity index (χ0) is 10.7. The van der Waals surface area contributed by atoms with Crippen molar-refractivity contribution in [2.45, 2.75) is 13.8 Å². The van der Waals surface area contributed by atoms with Crippen molar-refractivity contribution in [3.05, 3.63) is 34.9 Å². The monoisotopic (exact) mass is 192 g/mol. The number of carboxylic acid groups (broad SMARTS) is 1. The molecule has 14 heavy (non-hydrogen) atoms. The molecule has 0 spiro atoms. The second-order valence-electron chi connectivity index (χ2n) is 3.19. The summed E-state index contributed by atoms with van der Waals surface area (Å²) in [5.74, 6) is -0.913. The highest BCUT2D eigenvalue weighted by Crippen LogP contribution is 2.24. The first-order valence-electron chi connectivity index (χ1n) is 4.22. The van der Waals surface area contributed by atoms with Gasteiger partial charge < -0.3 is 10.2 Å². The van der Waals surface area contributed by atoms with E-state index < -0.39 is 5.97 Å². The molecule has 0 bridgehead atoms. The average Bonchev–Trinajstić information content (AvgIpc) is 2.01. The van der Waals surface area contributed by atoms with Gasteiger partial charge in [0.1, 0.15) is 5.75 Å². The van der Waals surface area contributed by atoms with Crippen LogP contribution in [0.2, 0.25) is 0 Å². The van der Waals surface area contributed by atoms with Crippen molar-refractivity contribution in [3.63, 3.8) is 0 Å². The third-order valence-electron chi connectivity index (χ3n) is 1.90. The third-order valence-corrected chi connectivity index (χ3v) is 1.90. The first-order valence-corrected chi connectivity index (χ1v) is 4.22. The van der Waals surface area contributed by atoms with Gasteiger partial charge in [0.2, 0.25) is 0 Å². The molecule has 0 aromatic heterocycles. The molecule has 3 nitrogen and oxygen atoms in total. The standard InChI is InChI=1S/C11H12O3/c1-7-5-8(2)9(10(12)6-7)3-4-11(13)14/h3-6,12H,1-2H3,(H,13,14). The Balaban J connectivity index is 3.15. The topological polar surface area (TPSA) is 57.5 Å². The molecule has 2 N–H and O–H groups in total. The van der Waals surface area contributed by atoms with Crippen LogP contribution in [-0.2, 0) is 4.79 Å². The highest BCUT2D eigenvalue weighted by Gasteiger charge is 2.02. The van der Waals surface area contributed by atoms with Crippen molar-refractivity contribution in [2.75, 3.05) is 0 Å². The molecule has 0 saturated heterocycles. The smallest absolute Gasteiger partial charge is 0.328 e. The molecule has 1 aromatic carbocycles. The van der Waals surface area contributed by atoms with Crippen LogP contribution in [0.25, 0.3) is 6.08 Å². The molecule has 0 unspecified atom stereocenters. The van der Waals surface area contributed by atoms with Gasteiger partial charge in [0.15, 0.2) is 0 Å². The van der Waals surface area contributed by atoms with Crippen LogP contribution < -0.4 is 0 Å². The Morgan fingerprint density at radius 1 is 1.36 bits per heavy atom. The fraction of sp³-hybridized carbons (Fsp3) is 0.182. The van der Waals surface area contributed by atoms with Crippen LogP contribution in [0.1, 0.15) is 16.7 Å². The van der Waals surface area contributed by atoms with Crippen LogP contribution in [0.15, 0.2) is 18.2 Å². The summed E-state index contributed by atoms with van der Waals surface area (Å²) in [6, 6.07) is 3.50. The van der Waals surface area contributed by atoms with E-state index in [9.17, 15) is 9.90 Å². The Kier molecular flexibility index (Phi) is 2.92. The SMILES string of the molecule is Cc1cc(C)c(C=CC(=O)O)c(O)c1. The van der Waals surface area contributed by atoms with Crippen molar-refractivity contribution >= 4 is 12.0 Å². The molecular formula is C11H12O3. The highest BCUT2D eigenvalue weighted by atomic mass is 16.4. The van der Waals surface area contributed by atoms with Crippen LogP contribution in [0.3, 0.4) is 0 Å². The minimum Gasteiger partial charge on any atom is -0.507 e. The van der Waals surface area contributed by atoms with E-state index in [1.165, 1.54) is 6.08 Å². The first-order chi connectivity index (χ1) is 6.50. The summed E-state index contributed by atoms with van der Waals surface area (Å²) >= 11 is 0. The maximum Gasteiger partial charge on any atom is 0.328 e. The predicted octanol–water partition coefficient (Wildman–Crippen LogP) is 2.11. The van der Waals surface area contributed by atoms with E-state index in [1.807, 2.05) is 19.9 Å². The Labute approximate surface area is 82.3 Å². The molecule has 0 fully saturated rings. The van der Waals surface area contributed by atoms with Crippen LogP contribution in [-0.4, -0.2) is 16.2 Å². The van der Waals surface area contributed by atoms with Crippen molar-refractivity contribution in [2.24, 2.45) is 0 Å². The molecule has 0 heterocycles. The molecule has 0 radical (unpaired) electrons. The minimum atomic E-state index is -1.02. The van der Waals surface area contributed by atoms with Gasteiger partial charge in [-0.2, -0.15) is 0 Å². The van der Waals surface area contributed by atoms with Gasteiger partial charge in [0.05, 0.1) is 0 Å². The molecule has 74 valence electrons. The first kappa shape index (κ1) is 10.3. The van der Waals surface area contributed by atoms with E-state index >= 15 is 0 Å². The lowest BCUT2D eigenvalue weighted by Crippen LogP contribution is -1.88. The molecule has 0 saturated carbocycles. The lowest BCUT2D eigenvalue weighted by atomic mass is 10.0. The van der Waals surface area contributed by atoms with E-state index in [1.54, 1.807) is 6.07 Å². The summed E-state index contributed by atoms with van der Waals surface area (Å²) in [5.41, 5.74) is 2.37. The number of rotatable bonds is 2. The Morgan fingerprint density at radius 3 is 2.50 bits per heavy atom. The molecule has 1 rings (SSSR count). The number of aromatic hydroxyl groups is 1. The molecule has 0 aliphatic rings. The average molecular weight is 192 g/mol. The minimum absolute atomic E-state index is 0.111. The van der Waals surface area contributed by atoms with Gasteiger partial charge in [-0.25, -0.2) is 4.79 Å². The number of phenols is 1. The van der Waals surface area contributed by atoms with Crippen LogP contribution in [0.4, 0.5) is 0 Å². The maximum atomic E-state index is 10.3. The van der Waals surface area contributed by atoms with Crippen LogP contribution in [0, 0.1) is 13.8 Å². The highest BCUT2D eigenvalue weighted by molar-refractivity contribution is 5.86. The number of hydrogen-bond donors (Lipinski definition) is 2. The molecule has 0 aliphatic heterocycles. The summed E-state index contributed by atoms with van der Waals surface area (Å²) in [4.78, 5) is 10.3. The zero-order valence-corrected chi connectivity index (χ0v) is 8.11. The summed E-state index contributed by atoms with van der Waals surface area (Å²) in [5, 5.41) is 18.0. The molecule has 3 heteroatoms. The quantitative estimate of drug-likeness (QED) is 0.705. The summed E-state index contributed by atoms with van der Waals surface area (Å²) in [7, 11) is 0. The fourth-order valence-electron chi connectivity index (χ4n) is 1.33. The molecular weight excluding hydrogens is 180 g/mol. The van der Waals surface area contributed by atoms with Crippen LogP contribution >= 0.6 is 0 Å². The number of aliphatic carboxylic acids is 1. The lowest BCUT2D eigenvalue weighted by Gasteiger charge is -2.04. The van der Waals surface area contributed by atoms with E-state index in [4.69, 9.17) is 5.11 Å². The second kappa shape index (κ2) is 3.96. The Bertz CT molecular complexity index is 369. The molecule has 0 atom stereocenters. The maximum absolute atomic E-state index is 10.3. The summed E-state index contributed by atoms with van der Waals surface area (Å²) < 4.78 is 0. The van der Waals surface area contributed by atoms with Crippen molar-refractivity contribution in [3.8, 4) is 5.75 Å². The summed E-state index contributed by atoms with van der Waals surface area (Å²) in [6.07, 6.45) is 2.41. The van der Waals surface area contributed by atoms with Gasteiger partial charge in [-0.05, 0) is 37.1 Å². The predicted molar refractivity (Wildman–Crippen MR) is 54.3 cm³/mol. The van der Waals surface area contributed by atoms with Crippen molar-refractivity contribution in [1.29, 1.82) is 0 Å². The van der Waals surface area contributed by atoms with E-state index in [0.717, 1.165) is 17.2 Å². The van der Waals surface area contributed by atoms with Gasteiger partial charge in [-0.1, -0.05) is 6.07 Å². The van der Waals surface area contributed by atoms with Crippen molar-refractivity contribution < 1.29 is 15.0 Å². The van der Waals surface area contributed by atoms with Gasteiger partial charge in [-0.15, -0.1) is 0 Å². The summed E-state index contributed by atoms with van der Waals surface area (Å²) in [6.45, 7) is 3.70.